The van der Waals surface area contributed by atoms with Gasteiger partial charge >= 0.3 is 6.18 Å². The van der Waals surface area contributed by atoms with Crippen molar-refractivity contribution < 1.29 is 18.0 Å². The fourth-order valence-electron chi connectivity index (χ4n) is 3.58. The Hall–Kier alpha value is -2.26. The molecule has 6 nitrogen and oxygen atoms in total. The molecule has 2 aliphatic rings. The molecule has 1 fully saturated rings. The Labute approximate surface area is 166 Å². The lowest BCUT2D eigenvalue weighted by Gasteiger charge is -2.36. The van der Waals surface area contributed by atoms with E-state index in [4.69, 9.17) is 0 Å². The Morgan fingerprint density at radius 1 is 1.07 bits per heavy atom. The second kappa shape index (κ2) is 8.00. The zero-order valence-corrected chi connectivity index (χ0v) is 15.9. The van der Waals surface area contributed by atoms with E-state index in [1.165, 1.54) is 12.1 Å². The summed E-state index contributed by atoms with van der Waals surface area (Å²) in [6, 6.07) is 5.15. The molecule has 0 spiro atoms. The Morgan fingerprint density at radius 3 is 2.39 bits per heavy atom. The molecule has 1 aromatic carbocycles. The molecule has 28 heavy (non-hydrogen) atoms. The molecule has 0 unspecified atom stereocenters. The maximum atomic E-state index is 12.8. The number of hydrogen-bond donors (Lipinski definition) is 2. The van der Waals surface area contributed by atoms with Crippen molar-refractivity contribution in [2.75, 3.05) is 37.6 Å². The van der Waals surface area contributed by atoms with Gasteiger partial charge in [-0.25, -0.2) is 0 Å². The number of carbonyl (C=O) groups is 1. The van der Waals surface area contributed by atoms with Gasteiger partial charge in [0.25, 0.3) is 5.91 Å². The number of hydrogen-bond acceptors (Lipinski definition) is 4. The molecular weight excluding hydrogens is 395 g/mol. The quantitative estimate of drug-likeness (QED) is 0.791. The van der Waals surface area contributed by atoms with Gasteiger partial charge in [-0.1, -0.05) is 0 Å². The minimum absolute atomic E-state index is 0. The number of halogens is 4. The first-order valence-electron chi connectivity index (χ1n) is 8.92. The van der Waals surface area contributed by atoms with E-state index in [1.807, 2.05) is 4.90 Å². The smallest absolute Gasteiger partial charge is 0.368 e. The van der Waals surface area contributed by atoms with Crippen molar-refractivity contribution in [1.29, 1.82) is 0 Å². The number of carbonyl (C=O) groups excluding carboxylic acids is 1. The van der Waals surface area contributed by atoms with Gasteiger partial charge in [0.2, 0.25) is 0 Å². The van der Waals surface area contributed by atoms with Crippen molar-refractivity contribution in [1.82, 2.24) is 20.4 Å². The van der Waals surface area contributed by atoms with E-state index >= 15 is 0 Å². The lowest BCUT2D eigenvalue weighted by Crippen LogP contribution is -2.49. The van der Waals surface area contributed by atoms with Crippen LogP contribution in [0.15, 0.2) is 24.3 Å². The third-order valence-electron chi connectivity index (χ3n) is 5.14. The third kappa shape index (κ3) is 3.95. The molecule has 2 aliphatic heterocycles. The zero-order valence-electron chi connectivity index (χ0n) is 15.1. The highest BCUT2D eigenvalue weighted by atomic mass is 35.5. The maximum absolute atomic E-state index is 12.8. The molecule has 4 rings (SSSR count). The van der Waals surface area contributed by atoms with Crippen LogP contribution in [0.1, 0.15) is 27.3 Å². The summed E-state index contributed by atoms with van der Waals surface area (Å²) < 4.78 is 38.1. The minimum Gasteiger partial charge on any atom is -0.368 e. The van der Waals surface area contributed by atoms with E-state index in [1.54, 1.807) is 4.90 Å². The predicted molar refractivity (Wildman–Crippen MR) is 101 cm³/mol. The molecule has 0 aliphatic carbocycles. The molecule has 0 saturated carbocycles. The van der Waals surface area contributed by atoms with Gasteiger partial charge in [0.1, 0.15) is 0 Å². The molecule has 1 aromatic heterocycles. The highest BCUT2D eigenvalue weighted by Gasteiger charge is 2.31. The van der Waals surface area contributed by atoms with Gasteiger partial charge in [0.15, 0.2) is 5.69 Å². The van der Waals surface area contributed by atoms with Gasteiger partial charge in [-0.15, -0.1) is 12.4 Å². The van der Waals surface area contributed by atoms with E-state index in [0.29, 0.717) is 38.4 Å². The number of anilines is 1. The number of aromatic amines is 1. The monoisotopic (exact) mass is 415 g/mol. The Balaban J connectivity index is 0.00000225. The summed E-state index contributed by atoms with van der Waals surface area (Å²) in [7, 11) is 0. The average Bonchev–Trinajstić information content (AvgIpc) is 3.11. The van der Waals surface area contributed by atoms with Crippen molar-refractivity contribution in [2.24, 2.45) is 0 Å². The van der Waals surface area contributed by atoms with Crippen LogP contribution in [0, 0.1) is 0 Å². The van der Waals surface area contributed by atoms with Crippen LogP contribution in [-0.2, 0) is 19.1 Å². The first-order chi connectivity index (χ1) is 12.9. The average molecular weight is 416 g/mol. The van der Waals surface area contributed by atoms with Gasteiger partial charge in [0.05, 0.1) is 5.56 Å². The zero-order chi connectivity index (χ0) is 19.0. The molecule has 2 N–H and O–H groups in total. The molecular formula is C18H21ClF3N5O. The topological polar surface area (TPSA) is 64.3 Å². The number of alkyl halides is 3. The molecule has 152 valence electrons. The number of nitrogens with zero attached hydrogens (tertiary/aromatic N) is 3. The number of rotatable bonds is 2. The van der Waals surface area contributed by atoms with E-state index < -0.39 is 11.7 Å². The van der Waals surface area contributed by atoms with E-state index in [9.17, 15) is 18.0 Å². The SMILES string of the molecule is Cl.O=C(c1n[nH]c2c1CNCC2)N1CCN(c2ccc(C(F)(F)F)cc2)CC1. The highest BCUT2D eigenvalue weighted by Crippen LogP contribution is 2.30. The molecule has 3 heterocycles. The molecule has 0 atom stereocenters. The van der Waals surface area contributed by atoms with E-state index in [-0.39, 0.29) is 18.3 Å². The van der Waals surface area contributed by atoms with Crippen LogP contribution < -0.4 is 10.2 Å². The summed E-state index contributed by atoms with van der Waals surface area (Å²) >= 11 is 0. The Kier molecular flexibility index (Phi) is 5.85. The molecule has 2 aromatic rings. The molecule has 1 saturated heterocycles. The van der Waals surface area contributed by atoms with Crippen molar-refractivity contribution in [3.05, 3.63) is 46.8 Å². The fourth-order valence-corrected chi connectivity index (χ4v) is 3.58. The summed E-state index contributed by atoms with van der Waals surface area (Å²) in [4.78, 5) is 16.6. The summed E-state index contributed by atoms with van der Waals surface area (Å²) in [6.07, 6.45) is -3.50. The van der Waals surface area contributed by atoms with Gasteiger partial charge in [0, 0.05) is 62.6 Å². The number of fused-ring (bicyclic) bond motifs is 1. The van der Waals surface area contributed by atoms with Crippen molar-refractivity contribution in [2.45, 2.75) is 19.1 Å². The standard InChI is InChI=1S/C18H20F3N5O.ClH/c19-18(20,21)12-1-3-13(4-2-12)25-7-9-26(10-8-25)17(27)16-14-11-22-6-5-15(14)23-24-16;/h1-4,22H,5-11H2,(H,23,24);1H. The molecule has 1 amide bonds. The lowest BCUT2D eigenvalue weighted by molar-refractivity contribution is -0.137. The normalized spacial score (nSPS) is 17.1. The second-order valence-corrected chi connectivity index (χ2v) is 6.78. The highest BCUT2D eigenvalue weighted by molar-refractivity contribution is 5.94. The Bertz CT molecular complexity index is 829. The number of piperazine rings is 1. The fraction of sp³-hybridized carbons (Fsp3) is 0.444. The number of aromatic nitrogens is 2. The minimum atomic E-state index is -4.33. The second-order valence-electron chi connectivity index (χ2n) is 6.78. The van der Waals surface area contributed by atoms with E-state index in [2.05, 4.69) is 15.5 Å². The largest absolute Gasteiger partial charge is 0.416 e. The Morgan fingerprint density at radius 2 is 1.75 bits per heavy atom. The van der Waals surface area contributed by atoms with Crippen LogP contribution in [0.2, 0.25) is 0 Å². The number of amides is 1. The number of H-pyrrole nitrogens is 1. The van der Waals surface area contributed by atoms with Crippen molar-refractivity contribution in [3.8, 4) is 0 Å². The van der Waals surface area contributed by atoms with Crippen LogP contribution in [-0.4, -0.2) is 53.7 Å². The summed E-state index contributed by atoms with van der Waals surface area (Å²) in [5, 5.41) is 10.4. The number of benzene rings is 1. The van der Waals surface area contributed by atoms with Gasteiger partial charge in [-0.3, -0.25) is 9.89 Å². The van der Waals surface area contributed by atoms with E-state index in [0.717, 1.165) is 42.0 Å². The first kappa shape index (κ1) is 20.5. The number of nitrogens with one attached hydrogen (secondary N) is 2. The van der Waals surface area contributed by atoms with Crippen LogP contribution in [0.25, 0.3) is 0 Å². The maximum Gasteiger partial charge on any atom is 0.416 e. The van der Waals surface area contributed by atoms with Crippen molar-refractivity contribution >= 4 is 24.0 Å². The molecule has 0 bridgehead atoms. The van der Waals surface area contributed by atoms with Crippen molar-refractivity contribution in [3.63, 3.8) is 0 Å². The van der Waals surface area contributed by atoms with Gasteiger partial charge < -0.3 is 15.1 Å². The summed E-state index contributed by atoms with van der Waals surface area (Å²) in [5.74, 6) is -0.0942. The lowest BCUT2D eigenvalue weighted by atomic mass is 10.1. The third-order valence-corrected chi connectivity index (χ3v) is 5.14. The predicted octanol–water partition coefficient (Wildman–Crippen LogP) is 2.46. The van der Waals surface area contributed by atoms with Gasteiger partial charge in [-0.05, 0) is 24.3 Å². The van der Waals surface area contributed by atoms with Crippen LogP contribution in [0.4, 0.5) is 18.9 Å². The first-order valence-corrected chi connectivity index (χ1v) is 8.92. The summed E-state index contributed by atoms with van der Waals surface area (Å²) in [6.45, 7) is 3.67. The van der Waals surface area contributed by atoms with Crippen LogP contribution in [0.3, 0.4) is 0 Å². The molecule has 0 radical (unpaired) electrons. The van der Waals surface area contributed by atoms with Gasteiger partial charge in [-0.2, -0.15) is 18.3 Å². The molecule has 10 heteroatoms. The summed E-state index contributed by atoms with van der Waals surface area (Å²) in [5.41, 5.74) is 2.51. The van der Waals surface area contributed by atoms with Crippen LogP contribution in [0.5, 0.6) is 0 Å². The van der Waals surface area contributed by atoms with Crippen LogP contribution >= 0.6 is 12.4 Å².